The Hall–Kier alpha value is -1.29. The second-order valence-electron chi connectivity index (χ2n) is 5.13. The minimum Gasteiger partial charge on any atom is -0.442 e. The molecule has 0 bridgehead atoms. The molecule has 0 spiro atoms. The number of fused-ring (bicyclic) bond motifs is 1. The standard InChI is InChI=1S/C12H18N2O2/c1-12(2,3)16-11(15)14-10-7-5-4-6-9(10)8-13-14/h4-5,7,9,13H,6,8H2,1-3H3. The van der Waals surface area contributed by atoms with E-state index >= 15 is 0 Å². The van der Waals surface area contributed by atoms with Gasteiger partial charge in [-0.2, -0.15) is 0 Å². The van der Waals surface area contributed by atoms with E-state index in [2.05, 4.69) is 11.5 Å². The van der Waals surface area contributed by atoms with Crippen LogP contribution in [0.4, 0.5) is 4.79 Å². The van der Waals surface area contributed by atoms with Crippen molar-refractivity contribution in [1.82, 2.24) is 10.4 Å². The number of nitrogens with zero attached hydrogens (tertiary/aromatic N) is 1. The lowest BCUT2D eigenvalue weighted by molar-refractivity contribution is 0.0264. The van der Waals surface area contributed by atoms with E-state index in [1.165, 1.54) is 5.01 Å². The van der Waals surface area contributed by atoms with Crippen LogP contribution < -0.4 is 5.43 Å². The number of nitrogens with one attached hydrogen (secondary N) is 1. The highest BCUT2D eigenvalue weighted by Gasteiger charge is 2.34. The zero-order valence-corrected chi connectivity index (χ0v) is 9.99. The minimum absolute atomic E-state index is 0.323. The average Bonchev–Trinajstić information content (AvgIpc) is 2.58. The van der Waals surface area contributed by atoms with Crippen LogP contribution in [-0.4, -0.2) is 23.2 Å². The summed E-state index contributed by atoms with van der Waals surface area (Å²) in [5, 5.41) is 1.53. The van der Waals surface area contributed by atoms with Crippen molar-refractivity contribution >= 4 is 6.09 Å². The molecule has 0 aromatic carbocycles. The van der Waals surface area contributed by atoms with Gasteiger partial charge in [-0.25, -0.2) is 15.2 Å². The molecule has 16 heavy (non-hydrogen) atoms. The van der Waals surface area contributed by atoms with Crippen molar-refractivity contribution in [2.24, 2.45) is 5.92 Å². The van der Waals surface area contributed by atoms with Crippen molar-refractivity contribution in [2.45, 2.75) is 32.8 Å². The van der Waals surface area contributed by atoms with Gasteiger partial charge in [0.25, 0.3) is 0 Å². The molecule has 2 rings (SSSR count). The summed E-state index contributed by atoms with van der Waals surface area (Å²) in [7, 11) is 0. The molecule has 4 nitrogen and oxygen atoms in total. The number of rotatable bonds is 0. The zero-order valence-electron chi connectivity index (χ0n) is 9.99. The molecule has 1 aliphatic heterocycles. The Labute approximate surface area is 95.9 Å². The fourth-order valence-electron chi connectivity index (χ4n) is 1.88. The first-order chi connectivity index (χ1) is 7.47. The van der Waals surface area contributed by atoms with Crippen molar-refractivity contribution in [3.63, 3.8) is 0 Å². The van der Waals surface area contributed by atoms with Gasteiger partial charge < -0.3 is 4.74 Å². The molecule has 1 N–H and O–H groups in total. The van der Waals surface area contributed by atoms with Gasteiger partial charge in [0.05, 0.1) is 0 Å². The molecule has 1 atom stereocenters. The molecule has 1 fully saturated rings. The molecule has 1 heterocycles. The molecular formula is C12H18N2O2. The predicted molar refractivity (Wildman–Crippen MR) is 61.4 cm³/mol. The summed E-state index contributed by atoms with van der Waals surface area (Å²) in [5.74, 6) is 0.400. The van der Waals surface area contributed by atoms with Gasteiger partial charge in [0.15, 0.2) is 0 Å². The molecule has 0 aromatic rings. The van der Waals surface area contributed by atoms with Gasteiger partial charge in [-0.3, -0.25) is 0 Å². The summed E-state index contributed by atoms with van der Waals surface area (Å²) in [6, 6.07) is 0. The average molecular weight is 222 g/mol. The number of hydrogen-bond donors (Lipinski definition) is 1. The van der Waals surface area contributed by atoms with E-state index in [9.17, 15) is 4.79 Å². The minimum atomic E-state index is -0.456. The van der Waals surface area contributed by atoms with Gasteiger partial charge in [-0.05, 0) is 33.3 Å². The number of amides is 1. The van der Waals surface area contributed by atoms with E-state index in [1.54, 1.807) is 0 Å². The summed E-state index contributed by atoms with van der Waals surface area (Å²) < 4.78 is 5.33. The zero-order chi connectivity index (χ0) is 11.8. The van der Waals surface area contributed by atoms with E-state index in [-0.39, 0.29) is 6.09 Å². The molecule has 0 radical (unpaired) electrons. The van der Waals surface area contributed by atoms with Crippen LogP contribution >= 0.6 is 0 Å². The normalized spacial score (nSPS) is 24.1. The molecule has 2 aliphatic rings. The van der Waals surface area contributed by atoms with Gasteiger partial charge >= 0.3 is 6.09 Å². The second-order valence-corrected chi connectivity index (χ2v) is 5.13. The summed E-state index contributed by atoms with van der Waals surface area (Å²) in [6.07, 6.45) is 6.73. The number of carbonyl (C=O) groups is 1. The van der Waals surface area contributed by atoms with Crippen LogP contribution in [0, 0.1) is 5.92 Å². The summed E-state index contributed by atoms with van der Waals surface area (Å²) in [4.78, 5) is 11.9. The van der Waals surface area contributed by atoms with Crippen molar-refractivity contribution in [3.8, 4) is 0 Å². The van der Waals surface area contributed by atoms with Crippen molar-refractivity contribution in [3.05, 3.63) is 23.9 Å². The van der Waals surface area contributed by atoms with Crippen LogP contribution in [0.15, 0.2) is 23.9 Å². The van der Waals surface area contributed by atoms with E-state index in [0.717, 1.165) is 18.7 Å². The quantitative estimate of drug-likeness (QED) is 0.683. The fraction of sp³-hybridized carbons (Fsp3) is 0.583. The van der Waals surface area contributed by atoms with Crippen LogP contribution in [0.1, 0.15) is 27.2 Å². The lowest BCUT2D eigenvalue weighted by Gasteiger charge is -2.25. The third-order valence-corrected chi connectivity index (χ3v) is 2.57. The highest BCUT2D eigenvalue weighted by molar-refractivity contribution is 5.70. The topological polar surface area (TPSA) is 41.6 Å². The maximum atomic E-state index is 11.9. The lowest BCUT2D eigenvalue weighted by atomic mass is 9.98. The maximum Gasteiger partial charge on any atom is 0.429 e. The fourth-order valence-corrected chi connectivity index (χ4v) is 1.88. The van der Waals surface area contributed by atoms with E-state index < -0.39 is 5.60 Å². The Morgan fingerprint density at radius 3 is 3.00 bits per heavy atom. The molecule has 0 aromatic heterocycles. The molecule has 1 aliphatic carbocycles. The first-order valence-electron chi connectivity index (χ1n) is 5.61. The van der Waals surface area contributed by atoms with Crippen LogP contribution in [0.2, 0.25) is 0 Å². The third-order valence-electron chi connectivity index (χ3n) is 2.57. The monoisotopic (exact) mass is 222 g/mol. The number of ether oxygens (including phenoxy) is 1. The van der Waals surface area contributed by atoms with Gasteiger partial charge in [0.2, 0.25) is 0 Å². The molecule has 1 unspecified atom stereocenters. The van der Waals surface area contributed by atoms with Gasteiger partial charge in [-0.15, -0.1) is 0 Å². The first kappa shape index (κ1) is 11.2. The van der Waals surface area contributed by atoms with Gasteiger partial charge in [-0.1, -0.05) is 12.2 Å². The summed E-state index contributed by atoms with van der Waals surface area (Å²) in [5.41, 5.74) is 3.63. The van der Waals surface area contributed by atoms with Crippen molar-refractivity contribution in [1.29, 1.82) is 0 Å². The van der Waals surface area contributed by atoms with Crippen molar-refractivity contribution < 1.29 is 9.53 Å². The molecule has 0 saturated carbocycles. The maximum absolute atomic E-state index is 11.9. The Kier molecular flexibility index (Phi) is 2.76. The third kappa shape index (κ3) is 2.27. The van der Waals surface area contributed by atoms with Gasteiger partial charge in [0, 0.05) is 18.2 Å². The highest BCUT2D eigenvalue weighted by Crippen LogP contribution is 2.28. The van der Waals surface area contributed by atoms with E-state index in [1.807, 2.05) is 32.9 Å². The van der Waals surface area contributed by atoms with Crippen LogP contribution in [0.5, 0.6) is 0 Å². The number of carbonyl (C=O) groups excluding carboxylic acids is 1. The Morgan fingerprint density at radius 1 is 1.56 bits per heavy atom. The second kappa shape index (κ2) is 3.94. The highest BCUT2D eigenvalue weighted by atomic mass is 16.6. The molecule has 88 valence electrons. The molecule has 1 saturated heterocycles. The first-order valence-corrected chi connectivity index (χ1v) is 5.61. The van der Waals surface area contributed by atoms with Crippen LogP contribution in [0.25, 0.3) is 0 Å². The smallest absolute Gasteiger partial charge is 0.429 e. The van der Waals surface area contributed by atoms with Crippen LogP contribution in [-0.2, 0) is 4.74 Å². The summed E-state index contributed by atoms with van der Waals surface area (Å²) >= 11 is 0. The molecular weight excluding hydrogens is 204 g/mol. The van der Waals surface area contributed by atoms with Gasteiger partial charge in [0.1, 0.15) is 5.60 Å². The predicted octanol–water partition coefficient (Wildman–Crippen LogP) is 2.20. The van der Waals surface area contributed by atoms with E-state index in [0.29, 0.717) is 5.92 Å². The van der Waals surface area contributed by atoms with E-state index in [4.69, 9.17) is 4.74 Å². The Morgan fingerprint density at radius 2 is 2.31 bits per heavy atom. The molecule has 1 amide bonds. The number of allylic oxidation sites excluding steroid dienone is 3. The Balaban J connectivity index is 2.08. The number of hydrogen-bond acceptors (Lipinski definition) is 3. The SMILES string of the molecule is CC(C)(C)OC(=O)N1NCC2CC=CC=C21. The summed E-state index contributed by atoms with van der Waals surface area (Å²) in [6.45, 7) is 6.41. The number of hydrazine groups is 1. The van der Waals surface area contributed by atoms with Crippen molar-refractivity contribution in [2.75, 3.05) is 6.54 Å². The van der Waals surface area contributed by atoms with Crippen LogP contribution in [0.3, 0.4) is 0 Å². The lowest BCUT2D eigenvalue weighted by Crippen LogP contribution is -2.40. The largest absolute Gasteiger partial charge is 0.442 e. The molecule has 4 heteroatoms. The Bertz CT molecular complexity index is 353.